The average Bonchev–Trinajstić information content (AvgIpc) is 3.09. The van der Waals surface area contributed by atoms with Crippen LogP contribution in [0.5, 0.6) is 0 Å². The zero-order chi connectivity index (χ0) is 16.9. The second-order valence-electron chi connectivity index (χ2n) is 5.06. The van der Waals surface area contributed by atoms with E-state index in [0.717, 1.165) is 16.3 Å². The summed E-state index contributed by atoms with van der Waals surface area (Å²) in [5.74, 6) is -0.419. The molecule has 0 bridgehead atoms. The number of hydrogen-bond acceptors (Lipinski definition) is 5. The quantitative estimate of drug-likeness (QED) is 0.650. The minimum Gasteiger partial charge on any atom is -0.456 e. The number of nitrogens with zero attached hydrogens (tertiary/aromatic N) is 1. The molecule has 0 aliphatic rings. The summed E-state index contributed by atoms with van der Waals surface area (Å²) in [5, 5.41) is 2.79. The Morgan fingerprint density at radius 2 is 1.83 bits per heavy atom. The van der Waals surface area contributed by atoms with Gasteiger partial charge in [0.2, 0.25) is 0 Å². The maximum atomic E-state index is 12.1. The lowest BCUT2D eigenvalue weighted by Gasteiger charge is -2.03. The molecule has 3 aromatic rings. The van der Waals surface area contributed by atoms with Crippen molar-refractivity contribution in [3.05, 3.63) is 71.2 Å². The van der Waals surface area contributed by atoms with Gasteiger partial charge in [-0.3, -0.25) is 4.21 Å². The highest BCUT2D eigenvalue weighted by atomic mass is 32.2. The maximum absolute atomic E-state index is 12.1. The fourth-order valence-corrected chi connectivity index (χ4v) is 3.42. The number of carbonyl (C=O) groups is 1. The van der Waals surface area contributed by atoms with E-state index in [1.165, 1.54) is 11.3 Å². The molecular formula is C18H15NO3S2. The molecule has 0 N–H and O–H groups in total. The second-order valence-corrected chi connectivity index (χ2v) is 7.30. The zero-order valence-electron chi connectivity index (χ0n) is 13.0. The van der Waals surface area contributed by atoms with Gasteiger partial charge in [-0.15, -0.1) is 11.3 Å². The molecule has 6 heteroatoms. The number of esters is 1. The lowest BCUT2D eigenvalue weighted by atomic mass is 10.2. The predicted octanol–water partition coefficient (Wildman–Crippen LogP) is 3.90. The fourth-order valence-electron chi connectivity index (χ4n) is 2.09. The molecule has 4 nitrogen and oxygen atoms in total. The van der Waals surface area contributed by atoms with Crippen molar-refractivity contribution < 1.29 is 13.7 Å². The molecule has 1 atom stereocenters. The van der Waals surface area contributed by atoms with Crippen LogP contribution in [-0.2, 0) is 22.1 Å². The van der Waals surface area contributed by atoms with Crippen molar-refractivity contribution in [2.75, 3.05) is 6.26 Å². The third kappa shape index (κ3) is 3.96. The maximum Gasteiger partial charge on any atom is 0.338 e. The molecule has 0 saturated carbocycles. The predicted molar refractivity (Wildman–Crippen MR) is 95.4 cm³/mol. The molecule has 122 valence electrons. The summed E-state index contributed by atoms with van der Waals surface area (Å²) in [6.07, 6.45) is 1.60. The van der Waals surface area contributed by atoms with Crippen LogP contribution in [0.2, 0.25) is 0 Å². The third-order valence-corrected chi connectivity index (χ3v) is 5.22. The number of benzene rings is 2. The molecule has 0 fully saturated rings. The summed E-state index contributed by atoms with van der Waals surface area (Å²) in [6, 6.07) is 16.4. The number of thiazole rings is 1. The van der Waals surface area contributed by atoms with E-state index in [-0.39, 0.29) is 6.61 Å². The number of rotatable bonds is 5. The van der Waals surface area contributed by atoms with Gasteiger partial charge in [0.05, 0.1) is 11.3 Å². The number of ether oxygens (including phenoxy) is 1. The molecule has 0 spiro atoms. The first-order valence-corrected chi connectivity index (χ1v) is 9.68. The number of hydrogen-bond donors (Lipinski definition) is 0. The van der Waals surface area contributed by atoms with E-state index in [4.69, 9.17) is 4.74 Å². The van der Waals surface area contributed by atoms with Gasteiger partial charge in [0.15, 0.2) is 0 Å². The summed E-state index contributed by atoms with van der Waals surface area (Å²) in [6.45, 7) is 0.129. The summed E-state index contributed by atoms with van der Waals surface area (Å²) >= 11 is 1.52. The van der Waals surface area contributed by atoms with Gasteiger partial charge < -0.3 is 4.74 Å². The zero-order valence-corrected chi connectivity index (χ0v) is 14.6. The molecule has 0 radical (unpaired) electrons. The first-order valence-electron chi connectivity index (χ1n) is 7.24. The van der Waals surface area contributed by atoms with Crippen molar-refractivity contribution in [3.8, 4) is 10.6 Å². The molecule has 1 unspecified atom stereocenters. The highest BCUT2D eigenvalue weighted by molar-refractivity contribution is 7.84. The Morgan fingerprint density at radius 1 is 1.12 bits per heavy atom. The van der Waals surface area contributed by atoms with Gasteiger partial charge in [0.1, 0.15) is 11.6 Å². The van der Waals surface area contributed by atoms with Crippen molar-refractivity contribution >= 4 is 28.1 Å². The summed E-state index contributed by atoms with van der Waals surface area (Å²) in [4.78, 5) is 17.2. The lowest BCUT2D eigenvalue weighted by molar-refractivity contribution is 0.0468. The lowest BCUT2D eigenvalue weighted by Crippen LogP contribution is -2.05. The molecule has 0 saturated heterocycles. The average molecular weight is 357 g/mol. The van der Waals surface area contributed by atoms with Crippen molar-refractivity contribution in [1.82, 2.24) is 4.98 Å². The first-order chi connectivity index (χ1) is 11.6. The summed E-state index contributed by atoms with van der Waals surface area (Å²) in [5.41, 5.74) is 2.20. The molecule has 0 aliphatic carbocycles. The summed E-state index contributed by atoms with van der Waals surface area (Å²) < 4.78 is 16.6. The molecule has 24 heavy (non-hydrogen) atoms. The normalized spacial score (nSPS) is 11.9. The Balaban J connectivity index is 1.62. The van der Waals surface area contributed by atoms with Gasteiger partial charge in [0, 0.05) is 32.9 Å². The monoisotopic (exact) mass is 357 g/mol. The molecule has 1 heterocycles. The smallest absolute Gasteiger partial charge is 0.338 e. The Kier molecular flexibility index (Phi) is 5.17. The molecule has 2 aromatic carbocycles. The van der Waals surface area contributed by atoms with Crippen LogP contribution in [-0.4, -0.2) is 21.4 Å². The van der Waals surface area contributed by atoms with Gasteiger partial charge in [-0.1, -0.05) is 30.3 Å². The standard InChI is InChI=1S/C18H15NO3S2/c1-24(21)16-9-7-14(8-10-16)18(20)22-11-15-12-23-17(19-15)13-5-3-2-4-6-13/h2-10,12H,11H2,1H3. The Bertz CT molecular complexity index is 857. The largest absolute Gasteiger partial charge is 0.456 e. The Labute approximate surface area is 146 Å². The van der Waals surface area contributed by atoms with Crippen LogP contribution in [0, 0.1) is 0 Å². The van der Waals surface area contributed by atoms with Gasteiger partial charge in [-0.25, -0.2) is 9.78 Å². The van der Waals surface area contributed by atoms with E-state index >= 15 is 0 Å². The van der Waals surface area contributed by atoms with Crippen molar-refractivity contribution in [3.63, 3.8) is 0 Å². The molecular weight excluding hydrogens is 342 g/mol. The van der Waals surface area contributed by atoms with E-state index in [0.29, 0.717) is 10.5 Å². The molecule has 0 amide bonds. The van der Waals surface area contributed by atoms with Crippen LogP contribution in [0.3, 0.4) is 0 Å². The van der Waals surface area contributed by atoms with E-state index in [9.17, 15) is 9.00 Å². The van der Waals surface area contributed by atoms with Crippen LogP contribution in [0.15, 0.2) is 64.9 Å². The SMILES string of the molecule is CS(=O)c1ccc(C(=O)OCc2csc(-c3ccccc3)n2)cc1. The number of carbonyl (C=O) groups excluding carboxylic acids is 1. The third-order valence-electron chi connectivity index (χ3n) is 3.35. The van der Waals surface area contributed by atoms with Crippen molar-refractivity contribution in [1.29, 1.82) is 0 Å². The van der Waals surface area contributed by atoms with Crippen LogP contribution in [0.4, 0.5) is 0 Å². The van der Waals surface area contributed by atoms with Gasteiger partial charge in [0.25, 0.3) is 0 Å². The highest BCUT2D eigenvalue weighted by Crippen LogP contribution is 2.23. The van der Waals surface area contributed by atoms with Crippen LogP contribution in [0.1, 0.15) is 16.1 Å². The van der Waals surface area contributed by atoms with E-state index in [1.54, 1.807) is 30.5 Å². The van der Waals surface area contributed by atoms with E-state index in [1.807, 2.05) is 35.7 Å². The van der Waals surface area contributed by atoms with Crippen LogP contribution >= 0.6 is 11.3 Å². The molecule has 3 rings (SSSR count). The van der Waals surface area contributed by atoms with Crippen molar-refractivity contribution in [2.24, 2.45) is 0 Å². The highest BCUT2D eigenvalue weighted by Gasteiger charge is 2.10. The number of aromatic nitrogens is 1. The topological polar surface area (TPSA) is 56.3 Å². The Morgan fingerprint density at radius 3 is 2.50 bits per heavy atom. The van der Waals surface area contributed by atoms with E-state index < -0.39 is 16.8 Å². The van der Waals surface area contributed by atoms with Gasteiger partial charge in [-0.05, 0) is 24.3 Å². The minimum absolute atomic E-state index is 0.129. The first kappa shape index (κ1) is 16.5. The van der Waals surface area contributed by atoms with Crippen LogP contribution in [0.25, 0.3) is 10.6 Å². The minimum atomic E-state index is -1.06. The van der Waals surface area contributed by atoms with Gasteiger partial charge in [-0.2, -0.15) is 0 Å². The van der Waals surface area contributed by atoms with Crippen LogP contribution < -0.4 is 0 Å². The van der Waals surface area contributed by atoms with Gasteiger partial charge >= 0.3 is 5.97 Å². The van der Waals surface area contributed by atoms with E-state index in [2.05, 4.69) is 4.98 Å². The molecule has 1 aromatic heterocycles. The van der Waals surface area contributed by atoms with Crippen molar-refractivity contribution in [2.45, 2.75) is 11.5 Å². The Hall–Kier alpha value is -2.31. The summed E-state index contributed by atoms with van der Waals surface area (Å²) in [7, 11) is -1.06. The fraction of sp³-hybridized carbons (Fsp3) is 0.111. The second kappa shape index (κ2) is 7.51. The molecule has 0 aliphatic heterocycles.